The van der Waals surface area contributed by atoms with Gasteiger partial charge in [0.1, 0.15) is 0 Å². The number of nitrogens with one attached hydrogen (secondary N) is 1. The number of Topliss-reactive ketones (excluding diaryl/α,β-unsaturated/α-hetero) is 1. The van der Waals surface area contributed by atoms with Gasteiger partial charge in [0.25, 0.3) is 5.54 Å². The van der Waals surface area contributed by atoms with Crippen LogP contribution in [0.5, 0.6) is 0 Å². The molecule has 0 aromatic rings. The molecule has 1 N–H and O–H groups in total. The maximum absolute atomic E-state index is 13.8. The van der Waals surface area contributed by atoms with Gasteiger partial charge >= 0.3 is 18.4 Å². The van der Waals surface area contributed by atoms with Crippen LogP contribution in [0.1, 0.15) is 39.5 Å². The molecule has 158 valence electrons. The maximum Gasteiger partial charge on any atom is 0.425 e. The van der Waals surface area contributed by atoms with Gasteiger partial charge in [-0.05, 0) is 24.7 Å². The molecule has 0 spiro atoms. The van der Waals surface area contributed by atoms with Crippen molar-refractivity contribution in [2.45, 2.75) is 63.5 Å². The highest BCUT2D eigenvalue weighted by Crippen LogP contribution is 2.54. The van der Waals surface area contributed by atoms with Gasteiger partial charge in [0.2, 0.25) is 0 Å². The summed E-state index contributed by atoms with van der Waals surface area (Å²) in [4.78, 5) is 25.9. The fourth-order valence-electron chi connectivity index (χ4n) is 4.13. The van der Waals surface area contributed by atoms with E-state index >= 15 is 0 Å². The highest BCUT2D eigenvalue weighted by atomic mass is 19.4. The largest absolute Gasteiger partial charge is 0.425 e. The van der Waals surface area contributed by atoms with E-state index < -0.39 is 58.9 Å². The van der Waals surface area contributed by atoms with Crippen LogP contribution < -0.4 is 5.32 Å². The van der Waals surface area contributed by atoms with Crippen LogP contribution in [0.25, 0.3) is 0 Å². The highest BCUT2D eigenvalue weighted by Gasteiger charge is 2.77. The standard InChI is InChI=1S/C17H20F6N2O3/c1-14(2)6-10-12(11(26)7-14)15(16(18,19)20,17(21,22)23)24-13(27)25(10)8-9-4-3-5-28-9/h9H,3-8H2,1-2H3,(H,24,27)/t9-/m0/s1. The molecule has 11 heteroatoms. The van der Waals surface area contributed by atoms with E-state index in [1.807, 2.05) is 0 Å². The summed E-state index contributed by atoms with van der Waals surface area (Å²) in [5.74, 6) is -1.27. The lowest BCUT2D eigenvalue weighted by molar-refractivity contribution is -0.292. The third kappa shape index (κ3) is 3.17. The first-order valence-corrected chi connectivity index (χ1v) is 8.81. The Balaban J connectivity index is 2.22. The van der Waals surface area contributed by atoms with Crippen molar-refractivity contribution in [3.63, 3.8) is 0 Å². The molecule has 5 nitrogen and oxygen atoms in total. The summed E-state index contributed by atoms with van der Waals surface area (Å²) in [5, 5.41) is 1.09. The predicted octanol–water partition coefficient (Wildman–Crippen LogP) is 3.70. The molecule has 3 aliphatic rings. The van der Waals surface area contributed by atoms with Crippen LogP contribution in [0, 0.1) is 5.41 Å². The number of hydrogen-bond acceptors (Lipinski definition) is 3. The Morgan fingerprint density at radius 2 is 1.71 bits per heavy atom. The molecule has 0 aromatic carbocycles. The summed E-state index contributed by atoms with van der Waals surface area (Å²) < 4.78 is 88.0. The number of ketones is 1. The quantitative estimate of drug-likeness (QED) is 0.702. The fourth-order valence-corrected chi connectivity index (χ4v) is 4.13. The number of amides is 2. The molecule has 1 fully saturated rings. The second kappa shape index (κ2) is 6.36. The number of alkyl halides is 6. The number of carbonyl (C=O) groups is 2. The molecule has 0 unspecified atom stereocenters. The lowest BCUT2D eigenvalue weighted by Crippen LogP contribution is -2.74. The molecule has 2 heterocycles. The lowest BCUT2D eigenvalue weighted by atomic mass is 9.69. The summed E-state index contributed by atoms with van der Waals surface area (Å²) in [6, 6.07) is -1.53. The smallest absolute Gasteiger partial charge is 0.376 e. The Bertz CT molecular complexity index is 705. The average Bonchev–Trinajstić information content (AvgIpc) is 2.99. The summed E-state index contributed by atoms with van der Waals surface area (Å²) >= 11 is 0. The maximum atomic E-state index is 13.8. The first kappa shape index (κ1) is 20.9. The van der Waals surface area contributed by atoms with Crippen LogP contribution in [0.15, 0.2) is 11.3 Å². The minimum atomic E-state index is -5.94. The number of ether oxygens (including phenoxy) is 1. The molecule has 28 heavy (non-hydrogen) atoms. The number of allylic oxidation sites excluding steroid dienone is 1. The Morgan fingerprint density at radius 1 is 1.11 bits per heavy atom. The molecule has 0 saturated carbocycles. The van der Waals surface area contributed by atoms with Gasteiger partial charge in [0, 0.05) is 18.7 Å². The zero-order valence-corrected chi connectivity index (χ0v) is 15.3. The lowest BCUT2D eigenvalue weighted by Gasteiger charge is -2.49. The normalized spacial score (nSPS) is 27.7. The Kier molecular flexibility index (Phi) is 4.76. The zero-order valence-electron chi connectivity index (χ0n) is 15.3. The van der Waals surface area contributed by atoms with Gasteiger partial charge in [-0.2, -0.15) is 26.3 Å². The highest BCUT2D eigenvalue weighted by molar-refractivity contribution is 6.03. The van der Waals surface area contributed by atoms with E-state index in [1.165, 1.54) is 0 Å². The van der Waals surface area contributed by atoms with Crippen molar-refractivity contribution in [1.29, 1.82) is 0 Å². The van der Waals surface area contributed by atoms with Crippen molar-refractivity contribution in [1.82, 2.24) is 10.2 Å². The van der Waals surface area contributed by atoms with Crippen molar-refractivity contribution in [2.75, 3.05) is 13.2 Å². The van der Waals surface area contributed by atoms with E-state index in [1.54, 1.807) is 13.8 Å². The molecule has 1 saturated heterocycles. The summed E-state index contributed by atoms with van der Waals surface area (Å²) in [5.41, 5.74) is -7.54. The van der Waals surface area contributed by atoms with Gasteiger partial charge in [-0.1, -0.05) is 13.8 Å². The number of rotatable bonds is 2. The molecule has 0 aromatic heterocycles. The van der Waals surface area contributed by atoms with E-state index in [4.69, 9.17) is 4.74 Å². The monoisotopic (exact) mass is 414 g/mol. The SMILES string of the molecule is CC1(C)CC(=O)C2=C(C1)N(C[C@@H]1CCCO1)C(=O)NC2(C(F)(F)F)C(F)(F)F. The third-order valence-electron chi connectivity index (χ3n) is 5.35. The van der Waals surface area contributed by atoms with Crippen LogP contribution in [0.3, 0.4) is 0 Å². The predicted molar refractivity (Wildman–Crippen MR) is 84.1 cm³/mol. The van der Waals surface area contributed by atoms with Crippen molar-refractivity contribution in [2.24, 2.45) is 5.41 Å². The van der Waals surface area contributed by atoms with Gasteiger partial charge in [0.05, 0.1) is 18.2 Å². The molecule has 3 rings (SSSR count). The van der Waals surface area contributed by atoms with Gasteiger partial charge in [-0.15, -0.1) is 0 Å². The van der Waals surface area contributed by atoms with Crippen molar-refractivity contribution >= 4 is 11.8 Å². The van der Waals surface area contributed by atoms with Crippen molar-refractivity contribution < 1.29 is 40.7 Å². The van der Waals surface area contributed by atoms with Crippen LogP contribution in [-0.2, 0) is 9.53 Å². The van der Waals surface area contributed by atoms with E-state index in [0.29, 0.717) is 19.4 Å². The van der Waals surface area contributed by atoms with Crippen molar-refractivity contribution in [3.05, 3.63) is 11.3 Å². The summed E-state index contributed by atoms with van der Waals surface area (Å²) in [6.45, 7) is 3.31. The zero-order chi connectivity index (χ0) is 21.1. The Hall–Kier alpha value is -1.78. The first-order chi connectivity index (χ1) is 12.7. The molecule has 0 radical (unpaired) electrons. The van der Waals surface area contributed by atoms with E-state index in [2.05, 4.69) is 0 Å². The van der Waals surface area contributed by atoms with E-state index in [-0.39, 0.29) is 13.0 Å². The number of carbonyl (C=O) groups excluding carboxylic acids is 2. The molecule has 1 atom stereocenters. The summed E-state index contributed by atoms with van der Waals surface area (Å²) in [6.07, 6.45) is -11.9. The number of urea groups is 1. The number of hydrogen-bond donors (Lipinski definition) is 1. The molecule has 1 aliphatic carbocycles. The van der Waals surface area contributed by atoms with Gasteiger partial charge in [0.15, 0.2) is 5.78 Å². The molecule has 2 amide bonds. The molecule has 0 bridgehead atoms. The van der Waals surface area contributed by atoms with Crippen LogP contribution in [-0.4, -0.2) is 53.9 Å². The van der Waals surface area contributed by atoms with Gasteiger partial charge in [-0.25, -0.2) is 4.79 Å². The molecule has 2 aliphatic heterocycles. The van der Waals surface area contributed by atoms with E-state index in [9.17, 15) is 35.9 Å². The van der Waals surface area contributed by atoms with E-state index in [0.717, 1.165) is 10.2 Å². The van der Waals surface area contributed by atoms with Gasteiger partial charge < -0.3 is 10.1 Å². The first-order valence-electron chi connectivity index (χ1n) is 8.81. The van der Waals surface area contributed by atoms with Crippen LogP contribution in [0.2, 0.25) is 0 Å². The van der Waals surface area contributed by atoms with Crippen LogP contribution in [0.4, 0.5) is 31.1 Å². The van der Waals surface area contributed by atoms with Crippen molar-refractivity contribution in [3.8, 4) is 0 Å². The average molecular weight is 414 g/mol. The Labute approximate surface area is 157 Å². The second-order valence-corrected chi connectivity index (χ2v) is 8.18. The molecular weight excluding hydrogens is 394 g/mol. The Morgan fingerprint density at radius 3 is 2.21 bits per heavy atom. The fraction of sp³-hybridized carbons (Fsp3) is 0.765. The summed E-state index contributed by atoms with van der Waals surface area (Å²) in [7, 11) is 0. The molecular formula is C17H20F6N2O3. The van der Waals surface area contributed by atoms with Gasteiger partial charge in [-0.3, -0.25) is 9.69 Å². The van der Waals surface area contributed by atoms with Crippen LogP contribution >= 0.6 is 0 Å². The minimum Gasteiger partial charge on any atom is -0.376 e. The topological polar surface area (TPSA) is 58.6 Å². The number of nitrogens with zero attached hydrogens (tertiary/aromatic N) is 1. The third-order valence-corrected chi connectivity index (χ3v) is 5.35. The minimum absolute atomic E-state index is 0.209. The number of halogens is 6. The second-order valence-electron chi connectivity index (χ2n) is 8.18.